The van der Waals surface area contributed by atoms with E-state index in [1.165, 1.54) is 12.3 Å². The van der Waals surface area contributed by atoms with Gasteiger partial charge in [-0.15, -0.1) is 0 Å². The molecule has 9 heteroatoms. The van der Waals surface area contributed by atoms with Crippen LogP contribution in [-0.2, 0) is 6.42 Å². The first-order chi connectivity index (χ1) is 12.6. The van der Waals surface area contributed by atoms with Gasteiger partial charge in [-0.1, -0.05) is 6.07 Å². The van der Waals surface area contributed by atoms with Crippen molar-refractivity contribution in [1.29, 1.82) is 0 Å². The number of halogens is 1. The summed E-state index contributed by atoms with van der Waals surface area (Å²) in [5, 5.41) is 7.08. The number of hydrogen-bond donors (Lipinski definition) is 5. The zero-order valence-corrected chi connectivity index (χ0v) is 13.9. The van der Waals surface area contributed by atoms with Crippen LogP contribution in [0.2, 0.25) is 0 Å². The summed E-state index contributed by atoms with van der Waals surface area (Å²) < 4.78 is 14.5. The average molecular weight is 353 g/mol. The summed E-state index contributed by atoms with van der Waals surface area (Å²) >= 11 is 0. The van der Waals surface area contributed by atoms with Gasteiger partial charge in [0, 0.05) is 36.0 Å². The summed E-state index contributed by atoms with van der Waals surface area (Å²) in [6.07, 6.45) is 3.72. The van der Waals surface area contributed by atoms with Crippen molar-refractivity contribution in [3.8, 4) is 0 Å². The Morgan fingerprint density at radius 1 is 1.12 bits per heavy atom. The number of H-pyrrole nitrogens is 2. The van der Waals surface area contributed by atoms with Gasteiger partial charge in [0.25, 0.3) is 0 Å². The van der Waals surface area contributed by atoms with E-state index in [0.717, 1.165) is 22.7 Å². The number of hydrogen-bond acceptors (Lipinski definition) is 6. The van der Waals surface area contributed by atoms with E-state index in [2.05, 4.69) is 36.3 Å². The van der Waals surface area contributed by atoms with Crippen molar-refractivity contribution in [2.24, 2.45) is 5.10 Å². The molecule has 0 amide bonds. The van der Waals surface area contributed by atoms with E-state index >= 15 is 0 Å². The third-order valence-electron chi connectivity index (χ3n) is 4.09. The van der Waals surface area contributed by atoms with Crippen molar-refractivity contribution >= 4 is 23.0 Å². The van der Waals surface area contributed by atoms with Gasteiger partial charge in [0.1, 0.15) is 11.6 Å². The number of anilines is 3. The summed E-state index contributed by atoms with van der Waals surface area (Å²) in [5.74, 6) is 0.612. The summed E-state index contributed by atoms with van der Waals surface area (Å²) in [5.41, 5.74) is 9.19. The molecule has 3 aromatic rings. The molecule has 26 heavy (non-hydrogen) atoms. The van der Waals surface area contributed by atoms with Gasteiger partial charge in [-0.2, -0.15) is 9.49 Å². The smallest absolute Gasteiger partial charge is 0.248 e. The number of rotatable bonds is 4. The maximum atomic E-state index is 14.5. The second-order valence-electron chi connectivity index (χ2n) is 5.89. The molecule has 0 spiro atoms. The quantitative estimate of drug-likeness (QED) is 0.462. The molecular formula is C17H16FN7O. The molecule has 0 radical (unpaired) electrons. The Labute approximate surface area is 147 Å². The normalized spacial score (nSPS) is 12.6. The van der Waals surface area contributed by atoms with Crippen molar-refractivity contribution in [1.82, 2.24) is 20.5 Å². The molecule has 0 aromatic carbocycles. The molecule has 0 fully saturated rings. The number of nitrogens with zero attached hydrogens (tertiary/aromatic N) is 2. The van der Waals surface area contributed by atoms with E-state index in [-0.39, 0.29) is 5.56 Å². The van der Waals surface area contributed by atoms with Crippen LogP contribution in [0, 0.1) is 5.95 Å². The van der Waals surface area contributed by atoms with E-state index in [4.69, 9.17) is 0 Å². The van der Waals surface area contributed by atoms with Gasteiger partial charge in [-0.3, -0.25) is 10.2 Å². The van der Waals surface area contributed by atoms with Crippen molar-refractivity contribution in [2.45, 2.75) is 13.3 Å². The Kier molecular flexibility index (Phi) is 3.88. The molecule has 0 atom stereocenters. The molecule has 0 saturated carbocycles. The lowest BCUT2D eigenvalue weighted by atomic mass is 10.0. The average Bonchev–Trinajstić information content (AvgIpc) is 3.04. The van der Waals surface area contributed by atoms with Crippen LogP contribution < -0.4 is 21.8 Å². The highest BCUT2D eigenvalue weighted by atomic mass is 19.1. The molecule has 132 valence electrons. The van der Waals surface area contributed by atoms with Crippen molar-refractivity contribution in [2.75, 3.05) is 10.7 Å². The number of nitrogens with one attached hydrogen (secondary N) is 5. The van der Waals surface area contributed by atoms with Gasteiger partial charge < -0.3 is 15.3 Å². The van der Waals surface area contributed by atoms with Gasteiger partial charge >= 0.3 is 0 Å². The maximum absolute atomic E-state index is 14.5. The molecule has 0 aliphatic carbocycles. The minimum Gasteiger partial charge on any atom is -0.346 e. The van der Waals surface area contributed by atoms with Gasteiger partial charge in [-0.25, -0.2) is 10.5 Å². The zero-order valence-electron chi connectivity index (χ0n) is 13.9. The fourth-order valence-corrected chi connectivity index (χ4v) is 2.85. The molecule has 4 rings (SSSR count). The zero-order chi connectivity index (χ0) is 18.1. The molecule has 4 heterocycles. The minimum atomic E-state index is -0.550. The van der Waals surface area contributed by atoms with E-state index in [1.54, 1.807) is 18.2 Å². The van der Waals surface area contributed by atoms with Crippen LogP contribution in [0.4, 0.5) is 21.7 Å². The van der Waals surface area contributed by atoms with Crippen LogP contribution >= 0.6 is 0 Å². The van der Waals surface area contributed by atoms with Gasteiger partial charge in [-0.05, 0) is 24.6 Å². The highest BCUT2D eigenvalue weighted by Crippen LogP contribution is 2.25. The number of pyridine rings is 2. The van der Waals surface area contributed by atoms with Crippen molar-refractivity contribution in [3.05, 3.63) is 69.7 Å². The van der Waals surface area contributed by atoms with Crippen molar-refractivity contribution < 1.29 is 4.39 Å². The van der Waals surface area contributed by atoms with Crippen LogP contribution in [0.3, 0.4) is 0 Å². The van der Waals surface area contributed by atoms with E-state index in [9.17, 15) is 9.18 Å². The van der Waals surface area contributed by atoms with Crippen LogP contribution in [0.5, 0.6) is 0 Å². The largest absolute Gasteiger partial charge is 0.346 e. The molecule has 3 aromatic heterocycles. The first-order valence-electron chi connectivity index (χ1n) is 7.97. The lowest BCUT2D eigenvalue weighted by molar-refractivity contribution is 0.572. The fraction of sp³-hybridized carbons (Fsp3) is 0.118. The third kappa shape index (κ3) is 3.02. The van der Waals surface area contributed by atoms with Crippen LogP contribution in [-0.4, -0.2) is 20.7 Å². The van der Waals surface area contributed by atoms with E-state index in [1.807, 2.05) is 13.1 Å². The highest BCUT2D eigenvalue weighted by molar-refractivity contribution is 6.05. The summed E-state index contributed by atoms with van der Waals surface area (Å²) in [7, 11) is 0. The van der Waals surface area contributed by atoms with Gasteiger partial charge in [0.15, 0.2) is 0 Å². The third-order valence-corrected chi connectivity index (χ3v) is 4.09. The molecule has 0 saturated heterocycles. The second kappa shape index (κ2) is 6.36. The van der Waals surface area contributed by atoms with Crippen LogP contribution in [0.25, 0.3) is 0 Å². The number of aromatic nitrogens is 3. The molecule has 1 aliphatic heterocycles. The first kappa shape index (κ1) is 15.9. The summed E-state index contributed by atoms with van der Waals surface area (Å²) in [4.78, 5) is 20.7. The Balaban J connectivity index is 1.56. The highest BCUT2D eigenvalue weighted by Gasteiger charge is 2.18. The van der Waals surface area contributed by atoms with Crippen molar-refractivity contribution in [3.63, 3.8) is 0 Å². The molecule has 0 bridgehead atoms. The minimum absolute atomic E-state index is 0.205. The lowest BCUT2D eigenvalue weighted by Gasteiger charge is -2.14. The number of aromatic amines is 2. The number of hydrazone groups is 1. The standard InChI is InChI=1S/C17H16FN7O/c1-9-15-11(7-20-17(15)24-25-23-9)6-10-2-4-13(22-16(10)18)21-12-3-5-14(26)19-8-12/h2-5,7-8,20,24-25H,6H2,1H3,(H,19,26)(H,21,22). The predicted molar refractivity (Wildman–Crippen MR) is 97.1 cm³/mol. The topological polar surface area (TPSA) is 110 Å². The van der Waals surface area contributed by atoms with E-state index < -0.39 is 5.95 Å². The maximum Gasteiger partial charge on any atom is 0.248 e. The summed E-state index contributed by atoms with van der Waals surface area (Å²) in [6.45, 7) is 1.88. The Bertz CT molecular complexity index is 1030. The predicted octanol–water partition coefficient (Wildman–Crippen LogP) is 2.23. The molecule has 1 aliphatic rings. The Hall–Kier alpha value is -3.62. The second-order valence-corrected chi connectivity index (χ2v) is 5.89. The fourth-order valence-electron chi connectivity index (χ4n) is 2.85. The van der Waals surface area contributed by atoms with Crippen LogP contribution in [0.1, 0.15) is 23.6 Å². The molecule has 5 N–H and O–H groups in total. The SMILES string of the molecule is CC1=NNNc2[nH]cc(Cc3ccc(Nc4ccc(=O)[nH]c4)nc3F)c21. The molecular weight excluding hydrogens is 337 g/mol. The Morgan fingerprint density at radius 3 is 2.77 bits per heavy atom. The lowest BCUT2D eigenvalue weighted by Crippen LogP contribution is -2.24. The molecule has 8 nitrogen and oxygen atoms in total. The van der Waals surface area contributed by atoms with Crippen LogP contribution in [0.15, 0.2) is 46.6 Å². The Morgan fingerprint density at radius 2 is 2.00 bits per heavy atom. The summed E-state index contributed by atoms with van der Waals surface area (Å²) in [6, 6.07) is 6.37. The van der Waals surface area contributed by atoms with Gasteiger partial charge in [0.05, 0.1) is 11.4 Å². The molecule has 0 unspecified atom stereocenters. The monoisotopic (exact) mass is 353 g/mol. The number of fused-ring (bicyclic) bond motifs is 1. The number of hydrazine groups is 1. The van der Waals surface area contributed by atoms with Gasteiger partial charge in [0.2, 0.25) is 11.5 Å². The van der Waals surface area contributed by atoms with E-state index in [0.29, 0.717) is 23.5 Å². The first-order valence-corrected chi connectivity index (χ1v) is 7.97.